The van der Waals surface area contributed by atoms with Crippen molar-refractivity contribution in [1.29, 1.82) is 0 Å². The lowest BCUT2D eigenvalue weighted by Gasteiger charge is -2.23. The van der Waals surface area contributed by atoms with Crippen molar-refractivity contribution in [3.05, 3.63) is 42.1 Å². The summed E-state index contributed by atoms with van der Waals surface area (Å²) in [4.78, 5) is 31.6. The highest BCUT2D eigenvalue weighted by atomic mass is 16.5. The van der Waals surface area contributed by atoms with Crippen LogP contribution in [-0.4, -0.2) is 59.9 Å². The minimum Gasteiger partial charge on any atom is -0.497 e. The van der Waals surface area contributed by atoms with Gasteiger partial charge in [-0.25, -0.2) is 4.98 Å². The zero-order valence-corrected chi connectivity index (χ0v) is 15.7. The summed E-state index contributed by atoms with van der Waals surface area (Å²) in [6.45, 7) is 2.73. The molecule has 0 spiro atoms. The van der Waals surface area contributed by atoms with E-state index in [1.54, 1.807) is 48.2 Å². The number of hydrogen-bond donors (Lipinski definition) is 0. The fourth-order valence-electron chi connectivity index (χ4n) is 2.95. The molecule has 1 aliphatic rings. The molecule has 8 nitrogen and oxygen atoms in total. The number of ether oxygens (including phenoxy) is 2. The van der Waals surface area contributed by atoms with Gasteiger partial charge in [0.1, 0.15) is 17.8 Å². The summed E-state index contributed by atoms with van der Waals surface area (Å²) < 4.78 is 16.1. The van der Waals surface area contributed by atoms with Crippen LogP contribution < -0.4 is 9.47 Å². The van der Waals surface area contributed by atoms with Gasteiger partial charge in [0.05, 0.1) is 13.2 Å². The van der Waals surface area contributed by atoms with Gasteiger partial charge in [-0.05, 0) is 30.7 Å². The molecule has 2 amide bonds. The third-order valence-corrected chi connectivity index (χ3v) is 4.69. The third-order valence-electron chi connectivity index (χ3n) is 4.69. The van der Waals surface area contributed by atoms with Gasteiger partial charge in [-0.15, -0.1) is 0 Å². The number of aromatic nitrogens is 1. The molecule has 0 bridgehead atoms. The zero-order valence-electron chi connectivity index (χ0n) is 15.7. The van der Waals surface area contributed by atoms with Crippen LogP contribution in [0.4, 0.5) is 0 Å². The number of rotatable bonds is 6. The number of oxazole rings is 1. The van der Waals surface area contributed by atoms with Crippen molar-refractivity contribution in [2.75, 3.05) is 27.2 Å². The fraction of sp³-hybridized carbons (Fsp3) is 0.421. The smallest absolute Gasteiger partial charge is 0.275 e. The predicted molar refractivity (Wildman–Crippen MR) is 96.6 cm³/mol. The number of nitrogens with zero attached hydrogens (tertiary/aromatic N) is 3. The molecular weight excluding hydrogens is 350 g/mol. The van der Waals surface area contributed by atoms with Crippen LogP contribution >= 0.6 is 0 Å². The van der Waals surface area contributed by atoms with Crippen molar-refractivity contribution in [3.8, 4) is 11.5 Å². The standard InChI is InChI=1S/C19H23N3O5/c1-13(23)21(2)14-8-9-22(10-14)19(24)17-11-27-18(20-17)12-26-16-6-4-15(25-3)5-7-16/h4-7,11,14H,8-10,12H2,1-3H3/t14-/m1/s1. The van der Waals surface area contributed by atoms with Gasteiger partial charge < -0.3 is 23.7 Å². The van der Waals surface area contributed by atoms with Gasteiger partial charge in [0.15, 0.2) is 12.3 Å². The molecule has 1 saturated heterocycles. The Bertz CT molecular complexity index is 802. The van der Waals surface area contributed by atoms with E-state index >= 15 is 0 Å². The summed E-state index contributed by atoms with van der Waals surface area (Å²) in [5.41, 5.74) is 0.245. The molecular formula is C19H23N3O5. The first-order valence-corrected chi connectivity index (χ1v) is 8.72. The highest BCUT2D eigenvalue weighted by molar-refractivity contribution is 5.92. The average Bonchev–Trinajstić information content (AvgIpc) is 3.35. The molecule has 3 rings (SSSR count). The maximum Gasteiger partial charge on any atom is 0.275 e. The molecule has 1 aliphatic heterocycles. The first kappa shape index (κ1) is 18.8. The number of carbonyl (C=O) groups excluding carboxylic acids is 2. The van der Waals surface area contributed by atoms with Crippen LogP contribution in [0.3, 0.4) is 0 Å². The minimum atomic E-state index is -0.200. The summed E-state index contributed by atoms with van der Waals surface area (Å²) in [5, 5.41) is 0. The number of methoxy groups -OCH3 is 1. The normalized spacial score (nSPS) is 16.3. The Labute approximate surface area is 157 Å². The summed E-state index contributed by atoms with van der Waals surface area (Å²) >= 11 is 0. The van der Waals surface area contributed by atoms with E-state index in [0.29, 0.717) is 24.7 Å². The van der Waals surface area contributed by atoms with Crippen molar-refractivity contribution in [2.45, 2.75) is 26.0 Å². The highest BCUT2D eigenvalue weighted by Gasteiger charge is 2.31. The molecule has 0 saturated carbocycles. The lowest BCUT2D eigenvalue weighted by Crippen LogP contribution is -2.39. The molecule has 1 fully saturated rings. The topological polar surface area (TPSA) is 85.1 Å². The summed E-state index contributed by atoms with van der Waals surface area (Å²) in [6.07, 6.45) is 2.10. The second-order valence-electron chi connectivity index (χ2n) is 6.41. The van der Waals surface area contributed by atoms with Crippen LogP contribution in [0, 0.1) is 0 Å². The van der Waals surface area contributed by atoms with Gasteiger partial charge in [0.2, 0.25) is 11.8 Å². The van der Waals surface area contributed by atoms with Crippen LogP contribution in [0.1, 0.15) is 29.7 Å². The highest BCUT2D eigenvalue weighted by Crippen LogP contribution is 2.20. The molecule has 0 N–H and O–H groups in total. The SMILES string of the molecule is COc1ccc(OCc2nc(C(=O)N3CC[C@@H](N(C)C(C)=O)C3)co2)cc1. The van der Waals surface area contributed by atoms with Gasteiger partial charge in [0, 0.05) is 27.1 Å². The van der Waals surface area contributed by atoms with Gasteiger partial charge in [-0.1, -0.05) is 0 Å². The van der Waals surface area contributed by atoms with E-state index in [-0.39, 0.29) is 30.2 Å². The molecule has 8 heteroatoms. The Hall–Kier alpha value is -3.03. The zero-order chi connectivity index (χ0) is 19.4. The van der Waals surface area contributed by atoms with Gasteiger partial charge >= 0.3 is 0 Å². The second kappa shape index (κ2) is 8.11. The van der Waals surface area contributed by atoms with Crippen molar-refractivity contribution >= 4 is 11.8 Å². The fourth-order valence-corrected chi connectivity index (χ4v) is 2.95. The van der Waals surface area contributed by atoms with E-state index in [1.807, 2.05) is 0 Å². The molecule has 0 unspecified atom stereocenters. The van der Waals surface area contributed by atoms with Crippen LogP contribution in [0.15, 0.2) is 34.9 Å². The molecule has 2 heterocycles. The van der Waals surface area contributed by atoms with Gasteiger partial charge in [-0.3, -0.25) is 9.59 Å². The molecule has 1 aromatic heterocycles. The molecule has 1 atom stereocenters. The van der Waals surface area contributed by atoms with Crippen LogP contribution in [0.2, 0.25) is 0 Å². The van der Waals surface area contributed by atoms with Crippen molar-refractivity contribution in [3.63, 3.8) is 0 Å². The number of benzene rings is 1. The molecule has 2 aromatic rings. The van der Waals surface area contributed by atoms with Crippen molar-refractivity contribution < 1.29 is 23.5 Å². The Kier molecular flexibility index (Phi) is 5.63. The lowest BCUT2D eigenvalue weighted by atomic mass is 10.2. The Morgan fingerprint density at radius 1 is 1.30 bits per heavy atom. The van der Waals surface area contributed by atoms with E-state index in [2.05, 4.69) is 4.98 Å². The summed E-state index contributed by atoms with van der Waals surface area (Å²) in [7, 11) is 3.35. The van der Waals surface area contributed by atoms with Gasteiger partial charge in [0.25, 0.3) is 5.91 Å². The Balaban J connectivity index is 1.55. The van der Waals surface area contributed by atoms with E-state index < -0.39 is 0 Å². The summed E-state index contributed by atoms with van der Waals surface area (Å²) in [6, 6.07) is 7.19. The van der Waals surface area contributed by atoms with E-state index in [4.69, 9.17) is 13.9 Å². The first-order chi connectivity index (χ1) is 13.0. The van der Waals surface area contributed by atoms with Gasteiger partial charge in [-0.2, -0.15) is 0 Å². The molecule has 1 aromatic carbocycles. The average molecular weight is 373 g/mol. The van der Waals surface area contributed by atoms with E-state index in [0.717, 1.165) is 12.2 Å². The molecule has 0 radical (unpaired) electrons. The lowest BCUT2D eigenvalue weighted by molar-refractivity contribution is -0.129. The number of hydrogen-bond acceptors (Lipinski definition) is 6. The number of carbonyl (C=O) groups is 2. The quantitative estimate of drug-likeness (QED) is 0.769. The second-order valence-corrected chi connectivity index (χ2v) is 6.41. The predicted octanol–water partition coefficient (Wildman–Crippen LogP) is 1.95. The maximum atomic E-state index is 12.6. The van der Waals surface area contributed by atoms with Crippen molar-refractivity contribution in [1.82, 2.24) is 14.8 Å². The van der Waals surface area contributed by atoms with E-state index in [1.165, 1.54) is 13.2 Å². The minimum absolute atomic E-state index is 0.00583. The van der Waals surface area contributed by atoms with Crippen molar-refractivity contribution in [2.24, 2.45) is 0 Å². The number of amides is 2. The number of likely N-dealkylation sites (tertiary alicyclic amines) is 1. The number of likely N-dealkylation sites (N-methyl/N-ethyl adjacent to an activating group) is 1. The Morgan fingerprint density at radius 2 is 2.00 bits per heavy atom. The Morgan fingerprint density at radius 3 is 2.67 bits per heavy atom. The summed E-state index contributed by atoms with van der Waals surface area (Å²) in [5.74, 6) is 1.51. The molecule has 27 heavy (non-hydrogen) atoms. The first-order valence-electron chi connectivity index (χ1n) is 8.72. The molecule has 144 valence electrons. The maximum absolute atomic E-state index is 12.6. The molecule has 0 aliphatic carbocycles. The largest absolute Gasteiger partial charge is 0.497 e. The van der Waals surface area contributed by atoms with Crippen LogP contribution in [0.5, 0.6) is 11.5 Å². The monoisotopic (exact) mass is 373 g/mol. The van der Waals surface area contributed by atoms with E-state index in [9.17, 15) is 9.59 Å². The van der Waals surface area contributed by atoms with Crippen LogP contribution in [0.25, 0.3) is 0 Å². The third kappa shape index (κ3) is 4.39. The van der Waals surface area contributed by atoms with Crippen LogP contribution in [-0.2, 0) is 11.4 Å².